The maximum Gasteiger partial charge on any atom is 0.134 e. The maximum atomic E-state index is 9.55. The lowest BCUT2D eigenvalue weighted by Gasteiger charge is -2.14. The Morgan fingerprint density at radius 3 is 3.00 bits per heavy atom. The second kappa shape index (κ2) is 5.42. The first-order valence-corrected chi connectivity index (χ1v) is 6.05. The van der Waals surface area contributed by atoms with Gasteiger partial charge >= 0.3 is 0 Å². The van der Waals surface area contributed by atoms with Crippen molar-refractivity contribution >= 4 is 16.6 Å². The van der Waals surface area contributed by atoms with E-state index < -0.39 is 0 Å². The largest absolute Gasteiger partial charge is 0.508 e. The average Bonchev–Trinajstić information content (AvgIpc) is 2.38. The first kappa shape index (κ1) is 12.3. The lowest BCUT2D eigenvalue weighted by molar-refractivity contribution is 0.476. The molecule has 0 radical (unpaired) electrons. The standard InChI is InChI=1S/C15H16N2O/c1-3-5-12(4-2)17-15-14-10-13(18)7-6-11(14)8-9-16-15/h2,6-10,12,18H,3,5H2,1H3,(H,16,17). The van der Waals surface area contributed by atoms with Crippen molar-refractivity contribution in [3.05, 3.63) is 30.5 Å². The number of phenols is 1. The number of fused-ring (bicyclic) bond motifs is 1. The number of nitrogens with zero attached hydrogens (tertiary/aromatic N) is 1. The van der Waals surface area contributed by atoms with Gasteiger partial charge in [-0.1, -0.05) is 25.3 Å². The Labute approximate surface area is 107 Å². The number of hydrogen-bond donors (Lipinski definition) is 2. The second-order valence-electron chi connectivity index (χ2n) is 4.22. The zero-order valence-electron chi connectivity index (χ0n) is 10.4. The van der Waals surface area contributed by atoms with Crippen molar-refractivity contribution in [1.82, 2.24) is 4.98 Å². The molecule has 18 heavy (non-hydrogen) atoms. The number of benzene rings is 1. The highest BCUT2D eigenvalue weighted by Crippen LogP contribution is 2.25. The molecular formula is C15H16N2O. The van der Waals surface area contributed by atoms with Crippen LogP contribution in [0.5, 0.6) is 5.75 Å². The Bertz CT molecular complexity index is 587. The molecule has 3 nitrogen and oxygen atoms in total. The number of rotatable bonds is 4. The summed E-state index contributed by atoms with van der Waals surface area (Å²) in [6.07, 6.45) is 9.14. The monoisotopic (exact) mass is 240 g/mol. The third kappa shape index (κ3) is 2.54. The summed E-state index contributed by atoms with van der Waals surface area (Å²) in [6.45, 7) is 2.09. The average molecular weight is 240 g/mol. The SMILES string of the molecule is C#CC(CCC)Nc1nccc2ccc(O)cc12. The lowest BCUT2D eigenvalue weighted by Crippen LogP contribution is -2.17. The van der Waals surface area contributed by atoms with Crippen molar-refractivity contribution < 1.29 is 5.11 Å². The maximum absolute atomic E-state index is 9.55. The van der Waals surface area contributed by atoms with E-state index in [0.717, 1.165) is 29.4 Å². The van der Waals surface area contributed by atoms with Crippen LogP contribution in [0.15, 0.2) is 30.5 Å². The van der Waals surface area contributed by atoms with Gasteiger partial charge in [0, 0.05) is 11.6 Å². The van der Waals surface area contributed by atoms with Gasteiger partial charge < -0.3 is 10.4 Å². The molecule has 1 aromatic carbocycles. The Kier molecular flexibility index (Phi) is 3.69. The van der Waals surface area contributed by atoms with E-state index >= 15 is 0 Å². The number of aromatic nitrogens is 1. The van der Waals surface area contributed by atoms with Crippen LogP contribution in [0.2, 0.25) is 0 Å². The normalized spacial score (nSPS) is 12.0. The smallest absolute Gasteiger partial charge is 0.134 e. The van der Waals surface area contributed by atoms with Gasteiger partial charge in [-0.25, -0.2) is 4.98 Å². The summed E-state index contributed by atoms with van der Waals surface area (Å²) in [5.41, 5.74) is 0. The first-order valence-electron chi connectivity index (χ1n) is 6.05. The first-order chi connectivity index (χ1) is 8.74. The molecular weight excluding hydrogens is 224 g/mol. The molecule has 3 heteroatoms. The van der Waals surface area contributed by atoms with E-state index in [1.807, 2.05) is 12.1 Å². The van der Waals surface area contributed by atoms with Crippen LogP contribution in [0.4, 0.5) is 5.82 Å². The third-order valence-electron chi connectivity index (χ3n) is 2.84. The molecule has 0 amide bonds. The van der Waals surface area contributed by atoms with Crippen LogP contribution in [0.3, 0.4) is 0 Å². The van der Waals surface area contributed by atoms with Gasteiger partial charge in [-0.15, -0.1) is 6.42 Å². The van der Waals surface area contributed by atoms with Gasteiger partial charge in [0.2, 0.25) is 0 Å². The molecule has 1 atom stereocenters. The van der Waals surface area contributed by atoms with E-state index in [9.17, 15) is 5.11 Å². The number of anilines is 1. The molecule has 0 fully saturated rings. The molecule has 0 saturated heterocycles. The number of hydrogen-bond acceptors (Lipinski definition) is 3. The molecule has 92 valence electrons. The van der Waals surface area contributed by atoms with Crippen LogP contribution in [-0.2, 0) is 0 Å². The van der Waals surface area contributed by atoms with Crippen LogP contribution in [0, 0.1) is 12.3 Å². The fourth-order valence-corrected chi connectivity index (χ4v) is 1.92. The summed E-state index contributed by atoms with van der Waals surface area (Å²) in [5, 5.41) is 14.7. The zero-order chi connectivity index (χ0) is 13.0. The van der Waals surface area contributed by atoms with Crippen LogP contribution >= 0.6 is 0 Å². The van der Waals surface area contributed by atoms with Crippen molar-refractivity contribution in [1.29, 1.82) is 0 Å². The quantitative estimate of drug-likeness (QED) is 0.807. The predicted molar refractivity (Wildman–Crippen MR) is 74.6 cm³/mol. The van der Waals surface area contributed by atoms with E-state index in [4.69, 9.17) is 6.42 Å². The van der Waals surface area contributed by atoms with Gasteiger partial charge in [0.1, 0.15) is 11.6 Å². The van der Waals surface area contributed by atoms with Crippen molar-refractivity contribution in [2.24, 2.45) is 0 Å². The van der Waals surface area contributed by atoms with Crippen LogP contribution < -0.4 is 5.32 Å². The topological polar surface area (TPSA) is 45.2 Å². The summed E-state index contributed by atoms with van der Waals surface area (Å²) in [4.78, 5) is 4.30. The molecule has 1 unspecified atom stereocenters. The number of nitrogens with one attached hydrogen (secondary N) is 1. The summed E-state index contributed by atoms with van der Waals surface area (Å²) in [5.74, 6) is 3.67. The molecule has 0 saturated carbocycles. The van der Waals surface area contributed by atoms with E-state index in [0.29, 0.717) is 0 Å². The number of aromatic hydroxyl groups is 1. The minimum atomic E-state index is -0.0320. The van der Waals surface area contributed by atoms with Gasteiger partial charge in [0.05, 0.1) is 6.04 Å². The highest BCUT2D eigenvalue weighted by molar-refractivity contribution is 5.92. The third-order valence-corrected chi connectivity index (χ3v) is 2.84. The number of pyridine rings is 1. The molecule has 1 aromatic heterocycles. The molecule has 0 aliphatic carbocycles. The van der Waals surface area contributed by atoms with Gasteiger partial charge in [0.15, 0.2) is 0 Å². The van der Waals surface area contributed by atoms with Crippen LogP contribution in [0.25, 0.3) is 10.8 Å². The van der Waals surface area contributed by atoms with E-state index in [2.05, 4.69) is 23.1 Å². The molecule has 0 bridgehead atoms. The van der Waals surface area contributed by atoms with E-state index in [1.54, 1.807) is 18.3 Å². The second-order valence-corrected chi connectivity index (χ2v) is 4.22. The molecule has 0 aliphatic heterocycles. The minimum absolute atomic E-state index is 0.0320. The van der Waals surface area contributed by atoms with Crippen molar-refractivity contribution in [2.45, 2.75) is 25.8 Å². The summed E-state index contributed by atoms with van der Waals surface area (Å²) >= 11 is 0. The molecule has 0 spiro atoms. The van der Waals surface area contributed by atoms with Crippen LogP contribution in [0.1, 0.15) is 19.8 Å². The summed E-state index contributed by atoms with van der Waals surface area (Å²) < 4.78 is 0. The van der Waals surface area contributed by atoms with Crippen molar-refractivity contribution in [3.63, 3.8) is 0 Å². The number of phenolic OH excluding ortho intramolecular Hbond substituents is 1. The minimum Gasteiger partial charge on any atom is -0.508 e. The number of terminal acetylenes is 1. The van der Waals surface area contributed by atoms with Crippen molar-refractivity contribution in [2.75, 3.05) is 5.32 Å². The molecule has 0 aliphatic rings. The lowest BCUT2D eigenvalue weighted by atomic mass is 10.1. The van der Waals surface area contributed by atoms with E-state index in [-0.39, 0.29) is 11.8 Å². The highest BCUT2D eigenvalue weighted by Gasteiger charge is 2.08. The highest BCUT2D eigenvalue weighted by atomic mass is 16.3. The molecule has 2 rings (SSSR count). The Morgan fingerprint density at radius 2 is 2.28 bits per heavy atom. The van der Waals surface area contributed by atoms with Gasteiger partial charge in [-0.05, 0) is 30.0 Å². The fourth-order valence-electron chi connectivity index (χ4n) is 1.92. The van der Waals surface area contributed by atoms with E-state index in [1.165, 1.54) is 0 Å². The fraction of sp³-hybridized carbons (Fsp3) is 0.267. The molecule has 2 N–H and O–H groups in total. The van der Waals surface area contributed by atoms with Gasteiger partial charge in [-0.3, -0.25) is 0 Å². The molecule has 1 heterocycles. The summed E-state index contributed by atoms with van der Waals surface area (Å²) in [6, 6.07) is 7.10. The Balaban J connectivity index is 2.38. The van der Waals surface area contributed by atoms with Crippen LogP contribution in [-0.4, -0.2) is 16.1 Å². The zero-order valence-corrected chi connectivity index (χ0v) is 10.4. The summed E-state index contributed by atoms with van der Waals surface area (Å²) in [7, 11) is 0. The Morgan fingerprint density at radius 1 is 1.44 bits per heavy atom. The predicted octanol–water partition coefficient (Wildman–Crippen LogP) is 3.15. The van der Waals surface area contributed by atoms with Crippen molar-refractivity contribution in [3.8, 4) is 18.1 Å². The molecule has 2 aromatic rings. The van der Waals surface area contributed by atoms with Gasteiger partial charge in [-0.2, -0.15) is 0 Å². The Hall–Kier alpha value is -2.21. The van der Waals surface area contributed by atoms with Gasteiger partial charge in [0.25, 0.3) is 0 Å².